The van der Waals surface area contributed by atoms with Gasteiger partial charge >= 0.3 is 0 Å². The van der Waals surface area contributed by atoms with Gasteiger partial charge in [0, 0.05) is 32.4 Å². The second-order valence-corrected chi connectivity index (χ2v) is 12.2. The second kappa shape index (κ2) is 7.67. The van der Waals surface area contributed by atoms with Crippen LogP contribution in [-0.2, 0) is 10.8 Å². The van der Waals surface area contributed by atoms with Crippen LogP contribution in [0.1, 0.15) is 63.8 Å². The maximum absolute atomic E-state index is 2.57. The van der Waals surface area contributed by atoms with E-state index in [1.54, 1.807) is 0 Å². The molecule has 2 aliphatic heterocycles. The summed E-state index contributed by atoms with van der Waals surface area (Å²) in [7, 11) is 0. The molecule has 0 fully saturated rings. The van der Waals surface area contributed by atoms with Gasteiger partial charge in [-0.1, -0.05) is 114 Å². The number of rotatable bonds is 0. The van der Waals surface area contributed by atoms with E-state index in [0.29, 0.717) is 0 Å². The summed E-state index contributed by atoms with van der Waals surface area (Å²) in [6, 6.07) is 36.3. The Hall–Kier alpha value is -4.30. The molecule has 40 heavy (non-hydrogen) atoms. The highest BCUT2D eigenvalue weighted by atomic mass is 15.0. The van der Waals surface area contributed by atoms with E-state index in [2.05, 4.69) is 134 Å². The van der Waals surface area contributed by atoms with Crippen LogP contribution >= 0.6 is 0 Å². The van der Waals surface area contributed by atoms with Crippen LogP contribution in [0, 0.1) is 0 Å². The molecule has 196 valence electrons. The highest BCUT2D eigenvalue weighted by molar-refractivity contribution is 6.16. The van der Waals surface area contributed by atoms with Crippen LogP contribution in [0.4, 0.5) is 0 Å². The number of aromatic nitrogens is 2. The molecule has 4 heterocycles. The van der Waals surface area contributed by atoms with Crippen molar-refractivity contribution in [3.63, 3.8) is 0 Å². The standard InChI is InChI=1S/C36H28N2.C2H6/c1-35(2)25-15-7-10-19-29(25)37-28-18-9-6-13-22(28)24-20-30-31(32(35)34(24)37)36(3,4)26-16-11-14-23-21-12-5-8-17-27(21)38(30)33(23)26;1-2/h5-20H,1-4H3;1-2H3. The zero-order chi connectivity index (χ0) is 27.6. The first kappa shape index (κ1) is 23.6. The average Bonchev–Trinajstić information content (AvgIpc) is 3.49. The Bertz CT molecular complexity index is 2180. The van der Waals surface area contributed by atoms with Gasteiger partial charge in [0.05, 0.1) is 33.4 Å². The molecule has 7 aromatic rings. The van der Waals surface area contributed by atoms with Gasteiger partial charge in [0.1, 0.15) is 0 Å². The Balaban J connectivity index is 0.00000120. The van der Waals surface area contributed by atoms with Crippen LogP contribution in [0.2, 0.25) is 0 Å². The van der Waals surface area contributed by atoms with Gasteiger partial charge < -0.3 is 9.13 Å². The van der Waals surface area contributed by atoms with Crippen LogP contribution in [0.15, 0.2) is 97.1 Å². The lowest BCUT2D eigenvalue weighted by Crippen LogP contribution is -2.35. The number of nitrogens with zero attached hydrogens (tertiary/aromatic N) is 2. The van der Waals surface area contributed by atoms with Crippen molar-refractivity contribution in [3.05, 3.63) is 119 Å². The van der Waals surface area contributed by atoms with Crippen molar-refractivity contribution in [1.82, 2.24) is 9.13 Å². The lowest BCUT2D eigenvalue weighted by molar-refractivity contribution is 0.568. The van der Waals surface area contributed by atoms with Crippen molar-refractivity contribution in [2.75, 3.05) is 0 Å². The summed E-state index contributed by atoms with van der Waals surface area (Å²) in [6.45, 7) is 13.7. The maximum atomic E-state index is 2.57. The molecular weight excluding hydrogens is 484 g/mol. The van der Waals surface area contributed by atoms with Crippen molar-refractivity contribution < 1.29 is 0 Å². The average molecular weight is 519 g/mol. The summed E-state index contributed by atoms with van der Waals surface area (Å²) in [5.74, 6) is 0. The monoisotopic (exact) mass is 518 g/mol. The Morgan fingerprint density at radius 1 is 0.450 bits per heavy atom. The zero-order valence-corrected chi connectivity index (χ0v) is 24.1. The number of fused-ring (bicyclic) bond motifs is 11. The molecular formula is C38H34N2. The maximum Gasteiger partial charge on any atom is 0.0586 e. The minimum absolute atomic E-state index is 0.157. The topological polar surface area (TPSA) is 9.86 Å². The fraction of sp³-hybridized carbons (Fsp3) is 0.211. The van der Waals surface area contributed by atoms with Crippen LogP contribution in [0.25, 0.3) is 55.0 Å². The van der Waals surface area contributed by atoms with Crippen molar-refractivity contribution >= 4 is 43.6 Å². The minimum atomic E-state index is -0.159. The fourth-order valence-corrected chi connectivity index (χ4v) is 8.02. The molecule has 5 aromatic carbocycles. The highest BCUT2D eigenvalue weighted by Gasteiger charge is 2.45. The Labute approximate surface area is 235 Å². The molecule has 2 nitrogen and oxygen atoms in total. The van der Waals surface area contributed by atoms with E-state index in [9.17, 15) is 0 Å². The smallest absolute Gasteiger partial charge is 0.0586 e. The van der Waals surface area contributed by atoms with E-state index in [0.717, 1.165) is 0 Å². The third-order valence-electron chi connectivity index (χ3n) is 9.62. The summed E-state index contributed by atoms with van der Waals surface area (Å²) >= 11 is 0. The van der Waals surface area contributed by atoms with Crippen molar-refractivity contribution in [2.24, 2.45) is 0 Å². The molecule has 0 spiro atoms. The van der Waals surface area contributed by atoms with Crippen LogP contribution in [0.5, 0.6) is 0 Å². The molecule has 0 bridgehead atoms. The molecule has 0 radical (unpaired) electrons. The van der Waals surface area contributed by atoms with Gasteiger partial charge in [-0.3, -0.25) is 0 Å². The fourth-order valence-electron chi connectivity index (χ4n) is 8.02. The Kier molecular flexibility index (Phi) is 4.52. The van der Waals surface area contributed by atoms with Gasteiger partial charge in [-0.15, -0.1) is 0 Å². The molecule has 0 aliphatic carbocycles. The first-order valence-electron chi connectivity index (χ1n) is 14.6. The molecule has 0 saturated heterocycles. The summed E-state index contributed by atoms with van der Waals surface area (Å²) < 4.78 is 5.11. The number of benzene rings is 5. The second-order valence-electron chi connectivity index (χ2n) is 12.2. The third-order valence-corrected chi connectivity index (χ3v) is 9.62. The molecule has 0 amide bonds. The molecule has 2 aliphatic rings. The van der Waals surface area contributed by atoms with E-state index >= 15 is 0 Å². The highest BCUT2D eigenvalue weighted by Crippen LogP contribution is 2.56. The van der Waals surface area contributed by atoms with Gasteiger partial charge in [0.15, 0.2) is 0 Å². The summed E-state index contributed by atoms with van der Waals surface area (Å²) in [5, 5.41) is 5.34. The number of hydrogen-bond acceptors (Lipinski definition) is 0. The molecule has 0 N–H and O–H groups in total. The molecule has 0 atom stereocenters. The Morgan fingerprint density at radius 3 is 1.70 bits per heavy atom. The van der Waals surface area contributed by atoms with Crippen molar-refractivity contribution in [3.8, 4) is 11.4 Å². The van der Waals surface area contributed by atoms with E-state index in [-0.39, 0.29) is 10.8 Å². The van der Waals surface area contributed by atoms with Gasteiger partial charge in [-0.2, -0.15) is 0 Å². The molecule has 9 rings (SSSR count). The van der Waals surface area contributed by atoms with Crippen LogP contribution in [-0.4, -0.2) is 9.13 Å². The van der Waals surface area contributed by atoms with Crippen molar-refractivity contribution in [1.29, 1.82) is 0 Å². The van der Waals surface area contributed by atoms with E-state index in [1.807, 2.05) is 13.8 Å². The quantitative estimate of drug-likeness (QED) is 0.189. The normalized spacial score (nSPS) is 15.7. The van der Waals surface area contributed by atoms with Gasteiger partial charge in [-0.25, -0.2) is 0 Å². The first-order chi connectivity index (χ1) is 19.4. The van der Waals surface area contributed by atoms with E-state index in [1.165, 1.54) is 77.2 Å². The number of hydrogen-bond donors (Lipinski definition) is 0. The molecule has 0 saturated carbocycles. The van der Waals surface area contributed by atoms with Crippen molar-refractivity contribution in [2.45, 2.75) is 52.4 Å². The minimum Gasteiger partial charge on any atom is -0.309 e. The predicted octanol–water partition coefficient (Wildman–Crippen LogP) is 10.2. The molecule has 2 aromatic heterocycles. The number of para-hydroxylation sites is 4. The Morgan fingerprint density at radius 2 is 0.975 bits per heavy atom. The summed E-state index contributed by atoms with van der Waals surface area (Å²) in [6.07, 6.45) is 0. The largest absolute Gasteiger partial charge is 0.309 e. The lowest BCUT2D eigenvalue weighted by atomic mass is 9.65. The van der Waals surface area contributed by atoms with Gasteiger partial charge in [0.25, 0.3) is 0 Å². The van der Waals surface area contributed by atoms with Crippen LogP contribution < -0.4 is 0 Å². The lowest BCUT2D eigenvalue weighted by Gasteiger charge is -2.43. The summed E-state index contributed by atoms with van der Waals surface area (Å²) in [5.41, 5.74) is 13.3. The third kappa shape index (κ3) is 2.56. The molecule has 0 unspecified atom stereocenters. The van der Waals surface area contributed by atoms with E-state index in [4.69, 9.17) is 0 Å². The van der Waals surface area contributed by atoms with Crippen LogP contribution in [0.3, 0.4) is 0 Å². The van der Waals surface area contributed by atoms with E-state index < -0.39 is 0 Å². The van der Waals surface area contributed by atoms with Gasteiger partial charge in [0.2, 0.25) is 0 Å². The zero-order valence-electron chi connectivity index (χ0n) is 24.1. The molecule has 2 heteroatoms. The first-order valence-corrected chi connectivity index (χ1v) is 14.6. The summed E-state index contributed by atoms with van der Waals surface area (Å²) in [4.78, 5) is 0. The van der Waals surface area contributed by atoms with Gasteiger partial charge in [-0.05, 0) is 46.5 Å². The predicted molar refractivity (Wildman–Crippen MR) is 171 cm³/mol. The SMILES string of the molecule is CC.CC1(C)c2c(cc3c4ccccc4n4c3c2C(C)(C)c2ccccc2-4)-n2c3ccccc3c3cccc1c32.